The van der Waals surface area contributed by atoms with E-state index in [0.29, 0.717) is 93.1 Å². The van der Waals surface area contributed by atoms with Gasteiger partial charge < -0.3 is 50.5 Å². The molecule has 12 heterocycles. The molecule has 0 atom stereocenters. The number of ketones is 1. The molecule has 3 aliphatic carbocycles. The molecule has 6 N–H and O–H groups in total. The molecule has 3 saturated carbocycles. The number of hydrogen-bond acceptors (Lipinski definition) is 24. The second kappa shape index (κ2) is 34.2. The summed E-state index contributed by atoms with van der Waals surface area (Å²) >= 11 is 17.9. The molecule has 5 aliphatic rings. The van der Waals surface area contributed by atoms with Crippen molar-refractivity contribution in [2.75, 3.05) is 34.2 Å². The number of esters is 2. The van der Waals surface area contributed by atoms with Crippen LogP contribution in [0, 0.1) is 0 Å². The fraction of sp³-hybridized carbons (Fsp3) is 0.444. The largest absolute Gasteiger partial charge is 0.481 e. The van der Waals surface area contributed by atoms with Gasteiger partial charge in [0, 0.05) is 127 Å². The third-order valence-corrected chi connectivity index (χ3v) is 20.3. The summed E-state index contributed by atoms with van der Waals surface area (Å²) in [6, 6.07) is 15.6. The van der Waals surface area contributed by atoms with Crippen LogP contribution < -0.4 is 41.0 Å². The van der Waals surface area contributed by atoms with E-state index in [0.717, 1.165) is 107 Å². The third kappa shape index (κ3) is 19.9. The number of carbonyl (C=O) groups excluding carboxylic acids is 3. The number of hydrogen-bond donors (Lipinski definition) is 4. The Hall–Kier alpha value is -9.79. The second-order valence-electron chi connectivity index (χ2n) is 31.1. The van der Waals surface area contributed by atoms with Crippen LogP contribution in [0.3, 0.4) is 0 Å². The van der Waals surface area contributed by atoms with Gasteiger partial charge in [-0.05, 0) is 199 Å². The zero-order valence-corrected chi connectivity index (χ0v) is 67.4. The Balaban J connectivity index is 0.000000149. The molecule has 0 saturated heterocycles. The summed E-state index contributed by atoms with van der Waals surface area (Å²) in [4.78, 5) is 79.9. The number of azide groups is 1. The van der Waals surface area contributed by atoms with Gasteiger partial charge >= 0.3 is 11.9 Å². The van der Waals surface area contributed by atoms with E-state index in [9.17, 15) is 14.4 Å². The van der Waals surface area contributed by atoms with E-state index in [2.05, 4.69) is 94.3 Å². The smallest absolute Gasteiger partial charge is 0.340 e. The highest BCUT2D eigenvalue weighted by atomic mass is 35.5. The lowest BCUT2D eigenvalue weighted by molar-refractivity contribution is -0.123. The maximum Gasteiger partial charge on any atom is 0.340 e. The summed E-state index contributed by atoms with van der Waals surface area (Å²) in [6.07, 6.45) is 26.1. The van der Waals surface area contributed by atoms with Crippen LogP contribution in [0.5, 0.6) is 23.5 Å². The van der Waals surface area contributed by atoms with Gasteiger partial charge in [0.2, 0.25) is 23.5 Å². The molecule has 580 valence electrons. The van der Waals surface area contributed by atoms with Gasteiger partial charge in [0.05, 0.1) is 78.0 Å². The number of ether oxygens (including phenoxy) is 6. The van der Waals surface area contributed by atoms with Crippen LogP contribution in [0.25, 0.3) is 53.5 Å². The van der Waals surface area contributed by atoms with Crippen LogP contribution in [-0.2, 0) is 55.7 Å². The summed E-state index contributed by atoms with van der Waals surface area (Å²) in [7, 11) is 6.36. The van der Waals surface area contributed by atoms with Crippen LogP contribution in [0.4, 0.5) is 5.82 Å². The minimum atomic E-state index is -0.739. The maximum absolute atomic E-state index is 12.3. The first-order valence-corrected chi connectivity index (χ1v) is 37.5. The van der Waals surface area contributed by atoms with E-state index in [-0.39, 0.29) is 23.0 Å². The zero-order valence-electron chi connectivity index (χ0n) is 65.2. The summed E-state index contributed by atoms with van der Waals surface area (Å²) in [6.45, 7) is 23.8. The number of methoxy groups -OCH3 is 4. The number of pyridine rings is 10. The van der Waals surface area contributed by atoms with Crippen LogP contribution in [-0.4, -0.2) is 119 Å². The normalized spacial score (nSPS) is 15.7. The first kappa shape index (κ1) is 82.7. The van der Waals surface area contributed by atoms with Crippen molar-refractivity contribution in [3.8, 4) is 23.5 Å². The number of carbonyl (C=O) groups is 3. The lowest BCUT2D eigenvalue weighted by Crippen LogP contribution is -2.47. The Bertz CT molecular complexity index is 5130. The number of nitrogens with one attached hydrogen (secondary N) is 2. The molecule has 26 nitrogen and oxygen atoms in total. The maximum atomic E-state index is 12.3. The molecule has 0 spiro atoms. The fourth-order valence-corrected chi connectivity index (χ4v) is 13.9. The molecular weight excluding hydrogens is 1460 g/mol. The number of nitrogen functional groups attached to an aromatic ring is 1. The van der Waals surface area contributed by atoms with Gasteiger partial charge in [0.25, 0.3) is 0 Å². The summed E-state index contributed by atoms with van der Waals surface area (Å²) in [5.74, 6) is 2.39. The Kier molecular flexibility index (Phi) is 25.7. The van der Waals surface area contributed by atoms with Crippen molar-refractivity contribution in [3.63, 3.8) is 0 Å². The second-order valence-corrected chi connectivity index (χ2v) is 32.3. The van der Waals surface area contributed by atoms with Gasteiger partial charge in [-0.25, -0.2) is 49.5 Å². The van der Waals surface area contributed by atoms with Gasteiger partial charge in [-0.3, -0.25) is 14.8 Å². The highest BCUT2D eigenvalue weighted by molar-refractivity contribution is 6.31. The predicted octanol–water partition coefficient (Wildman–Crippen LogP) is 16.4. The first-order chi connectivity index (χ1) is 52.0. The number of Topliss-reactive ketones (excluding diaryl/α,β-unsaturated/α-hetero) is 1. The molecule has 0 unspecified atom stereocenters. The van der Waals surface area contributed by atoms with Crippen molar-refractivity contribution in [2.45, 2.75) is 206 Å². The van der Waals surface area contributed by atoms with Crippen LogP contribution in [0.2, 0.25) is 15.5 Å². The van der Waals surface area contributed by atoms with E-state index < -0.39 is 22.3 Å². The van der Waals surface area contributed by atoms with Gasteiger partial charge in [0.15, 0.2) is 0 Å². The van der Waals surface area contributed by atoms with E-state index in [1.807, 2.05) is 92.2 Å². The Morgan fingerprint density at radius 2 is 0.882 bits per heavy atom. The van der Waals surface area contributed by atoms with Crippen LogP contribution >= 0.6 is 34.8 Å². The van der Waals surface area contributed by atoms with Crippen molar-refractivity contribution in [2.24, 2.45) is 10.8 Å². The average Bonchev–Trinajstić information content (AvgIpc) is 0.796. The standard InChI is InChI=1S/C27H32N4O3.C16H20ClN3O.C12H12ClN5O.C12H14ClN3O.C10H12N2O2.C4H6O/c1-26(2)13-23-19(25(32)34-26)10-9-17(30-23)11-18-12-20-21(14-28-18)24(33-5)29-15-22(20)27(3,4)31-16-7-6-8-16;1-16(2,20-10-5-4-6-10)13-9-19-15(21-3)12-8-18-14(17)7-11(12)13;1-12(2,17-18-14)9-6-16-11(19-3)8-5-15-10(13)4-7(8)9;1-12(2,14)9-6-16-11(17-3)8-5-15-10(13)4-7(8)9;1-10(2)5-7-6(9(13)14-10)3-4-8(11)12-7;5-4-2-1-3-4/h9-10,12,14-16,31H,6-8,11,13H2,1-5H3;7-10,20H,4-6H2,1-3H3;4-6H,1-3H3;4-6H,14H2,1-3H3;3-4H,5H2,1-2H3,(H2,11,12);1-3H2. The molecule has 3 fully saturated rings. The monoisotopic (exact) mass is 1560 g/mol. The number of anilines is 1. The zero-order chi connectivity index (χ0) is 79.8. The molecule has 0 amide bonds. The molecule has 10 aromatic heterocycles. The molecule has 110 heavy (non-hydrogen) atoms. The first-order valence-electron chi connectivity index (χ1n) is 36.4. The quantitative estimate of drug-likeness (QED) is 0.0243. The van der Waals surface area contributed by atoms with Gasteiger partial charge in [0.1, 0.15) is 38.3 Å². The van der Waals surface area contributed by atoms with Crippen molar-refractivity contribution >= 4 is 101 Å². The molecule has 15 rings (SSSR count). The predicted molar refractivity (Wildman–Crippen MR) is 427 cm³/mol. The molecular formula is C81H96Cl3N17O9. The van der Waals surface area contributed by atoms with Crippen molar-refractivity contribution in [3.05, 3.63) is 180 Å². The van der Waals surface area contributed by atoms with Gasteiger partial charge in [-0.2, -0.15) is 0 Å². The molecule has 0 bridgehead atoms. The van der Waals surface area contributed by atoms with Crippen molar-refractivity contribution in [1.29, 1.82) is 0 Å². The third-order valence-electron chi connectivity index (χ3n) is 19.7. The van der Waals surface area contributed by atoms with Crippen molar-refractivity contribution in [1.82, 2.24) is 60.5 Å². The summed E-state index contributed by atoms with van der Waals surface area (Å²) < 4.78 is 32.0. The van der Waals surface area contributed by atoms with E-state index in [1.165, 1.54) is 45.6 Å². The number of nitrogens with zero attached hydrogens (tertiary/aromatic N) is 13. The lowest BCUT2D eigenvalue weighted by atomic mass is 9.86. The number of halogens is 3. The van der Waals surface area contributed by atoms with Gasteiger partial charge in [-0.15, -0.1) is 0 Å². The molecule has 0 aromatic carbocycles. The number of rotatable bonds is 15. The topological polar surface area (TPSA) is 360 Å². The van der Waals surface area contributed by atoms with Gasteiger partial charge in [-0.1, -0.05) is 66.6 Å². The molecule has 10 aromatic rings. The van der Waals surface area contributed by atoms with Crippen molar-refractivity contribution < 1.29 is 42.8 Å². The number of aromatic nitrogens is 10. The number of fused-ring (bicyclic) bond motifs is 6. The molecule has 0 radical (unpaired) electrons. The summed E-state index contributed by atoms with van der Waals surface area (Å²) in [5, 5.41) is 19.8. The van der Waals surface area contributed by atoms with E-state index >= 15 is 0 Å². The molecule has 2 aliphatic heterocycles. The highest BCUT2D eigenvalue weighted by Gasteiger charge is 2.37. The van der Waals surface area contributed by atoms with Crippen LogP contribution in [0.1, 0.15) is 207 Å². The molecule has 29 heteroatoms. The Labute approximate surface area is 655 Å². The SMILES string of the molecule is CC1(C)Cc2nc(N)ccc2C(=O)O1.COc1ncc(C(C)(C)N)c2cc(Cl)ncc12.COc1ncc(C(C)(C)N=[N+]=[N-])c2cc(Cl)ncc12.COc1ncc(C(C)(C)NC2CCC2)c2cc(Cc3ccc4c(n3)CC(C)(C)OC4=O)ncc12.COc1ncc(C(C)(C)NC2CCC2)c2cc(Cl)ncc12.O=C1CCC1. The average molecular weight is 1560 g/mol. The minimum Gasteiger partial charge on any atom is -0.481 e. The number of cyclic esters (lactones) is 2. The highest BCUT2D eigenvalue weighted by Crippen LogP contribution is 2.40. The summed E-state index contributed by atoms with van der Waals surface area (Å²) in [5.41, 5.74) is 26.0. The van der Waals surface area contributed by atoms with E-state index in [4.69, 9.17) is 90.2 Å². The number of nitrogens with two attached hydrogens (primary N) is 2. The van der Waals surface area contributed by atoms with Crippen LogP contribution in [0.15, 0.2) is 103 Å². The fourth-order valence-electron chi connectivity index (χ4n) is 13.4. The Morgan fingerprint density at radius 3 is 1.26 bits per heavy atom. The minimum absolute atomic E-state index is 0.173. The van der Waals surface area contributed by atoms with E-state index in [1.54, 1.807) is 76.6 Å². The lowest BCUT2D eigenvalue weighted by Gasteiger charge is -2.37. The Morgan fingerprint density at radius 1 is 0.509 bits per heavy atom.